The molecule has 1 amide bonds. The Kier molecular flexibility index (Phi) is 4.63. The molecule has 0 aliphatic carbocycles. The average molecular weight is 362 g/mol. The van der Waals surface area contributed by atoms with Crippen molar-refractivity contribution in [2.24, 2.45) is 0 Å². The van der Waals surface area contributed by atoms with Crippen LogP contribution >= 0.6 is 11.8 Å². The van der Waals surface area contributed by atoms with E-state index in [1.54, 1.807) is 0 Å². The average Bonchev–Trinajstić information content (AvgIpc) is 3.08. The van der Waals surface area contributed by atoms with Gasteiger partial charge in [0.15, 0.2) is 5.58 Å². The molecule has 4 rings (SSSR count). The number of fused-ring (bicyclic) bond motifs is 2. The molecule has 1 N–H and O–H groups in total. The summed E-state index contributed by atoms with van der Waals surface area (Å²) < 4.78 is 5.73. The fourth-order valence-electron chi connectivity index (χ4n) is 2.84. The van der Waals surface area contributed by atoms with Crippen LogP contribution in [-0.2, 0) is 4.79 Å². The molecule has 0 saturated heterocycles. The molecule has 1 heterocycles. The Hall–Kier alpha value is -2.79. The van der Waals surface area contributed by atoms with E-state index in [1.807, 2.05) is 67.6 Å². The number of nitrogens with zero attached hydrogens (tertiary/aromatic N) is 1. The van der Waals surface area contributed by atoms with Crippen LogP contribution in [0.4, 0.5) is 5.69 Å². The van der Waals surface area contributed by atoms with Gasteiger partial charge in [0.05, 0.1) is 5.25 Å². The summed E-state index contributed by atoms with van der Waals surface area (Å²) in [5.74, 6) is -0.0463. The van der Waals surface area contributed by atoms with Crippen molar-refractivity contribution in [2.45, 2.75) is 23.8 Å². The minimum Gasteiger partial charge on any atom is -0.431 e. The van der Waals surface area contributed by atoms with Gasteiger partial charge >= 0.3 is 0 Å². The van der Waals surface area contributed by atoms with Crippen LogP contribution in [-0.4, -0.2) is 16.1 Å². The summed E-state index contributed by atoms with van der Waals surface area (Å²) in [6, 6.07) is 21.6. The lowest BCUT2D eigenvalue weighted by Gasteiger charge is -2.13. The van der Waals surface area contributed by atoms with Gasteiger partial charge < -0.3 is 9.73 Å². The molecule has 0 aliphatic heterocycles. The minimum atomic E-state index is -0.269. The number of hydrogen-bond acceptors (Lipinski definition) is 4. The maximum Gasteiger partial charge on any atom is 0.257 e. The first-order valence-electron chi connectivity index (χ1n) is 8.55. The van der Waals surface area contributed by atoms with Crippen molar-refractivity contribution in [1.82, 2.24) is 4.98 Å². The highest BCUT2D eigenvalue weighted by Gasteiger charge is 2.21. The largest absolute Gasteiger partial charge is 0.431 e. The van der Waals surface area contributed by atoms with Crippen molar-refractivity contribution in [2.75, 3.05) is 5.32 Å². The summed E-state index contributed by atoms with van der Waals surface area (Å²) in [7, 11) is 0. The first-order valence-corrected chi connectivity index (χ1v) is 9.43. The number of carbonyl (C=O) groups is 1. The van der Waals surface area contributed by atoms with E-state index in [0.29, 0.717) is 11.6 Å². The monoisotopic (exact) mass is 362 g/mol. The van der Waals surface area contributed by atoms with Crippen molar-refractivity contribution in [3.05, 3.63) is 66.7 Å². The molecule has 0 fully saturated rings. The van der Waals surface area contributed by atoms with Crippen molar-refractivity contribution in [1.29, 1.82) is 0 Å². The van der Waals surface area contributed by atoms with E-state index in [9.17, 15) is 4.79 Å². The third-order valence-electron chi connectivity index (χ3n) is 4.20. The van der Waals surface area contributed by atoms with Gasteiger partial charge in [-0.2, -0.15) is 0 Å². The third-order valence-corrected chi connectivity index (χ3v) is 5.41. The van der Waals surface area contributed by atoms with Gasteiger partial charge in [-0.1, -0.05) is 61.2 Å². The summed E-state index contributed by atoms with van der Waals surface area (Å²) >= 11 is 1.36. The summed E-state index contributed by atoms with van der Waals surface area (Å²) in [5.41, 5.74) is 2.34. The molecule has 0 bridgehead atoms. The van der Waals surface area contributed by atoms with Crippen LogP contribution in [0, 0.1) is 0 Å². The predicted molar refractivity (Wildman–Crippen MR) is 107 cm³/mol. The van der Waals surface area contributed by atoms with Crippen LogP contribution in [0.5, 0.6) is 0 Å². The highest BCUT2D eigenvalue weighted by Crippen LogP contribution is 2.29. The van der Waals surface area contributed by atoms with E-state index in [2.05, 4.69) is 16.4 Å². The Balaban J connectivity index is 1.50. The molecule has 1 aromatic heterocycles. The Morgan fingerprint density at radius 2 is 1.85 bits per heavy atom. The van der Waals surface area contributed by atoms with Gasteiger partial charge in [-0.05, 0) is 41.5 Å². The Morgan fingerprint density at radius 3 is 2.65 bits per heavy atom. The molecule has 1 unspecified atom stereocenters. The number of hydrogen-bond donors (Lipinski definition) is 1. The number of benzene rings is 3. The SMILES string of the molecule is CCC(Sc1nc2ccccc2o1)C(=O)Nc1ccc2ccccc2c1. The molecule has 4 aromatic rings. The lowest BCUT2D eigenvalue weighted by atomic mass is 10.1. The zero-order valence-electron chi connectivity index (χ0n) is 14.3. The number of aromatic nitrogens is 1. The fourth-order valence-corrected chi connectivity index (χ4v) is 3.70. The molecule has 0 saturated carbocycles. The molecular weight excluding hydrogens is 344 g/mol. The van der Waals surface area contributed by atoms with Crippen LogP contribution in [0.1, 0.15) is 13.3 Å². The second-order valence-corrected chi connectivity index (χ2v) is 7.17. The van der Waals surface area contributed by atoms with Gasteiger partial charge in [0.25, 0.3) is 5.22 Å². The molecule has 3 aromatic carbocycles. The van der Waals surface area contributed by atoms with Gasteiger partial charge in [-0.3, -0.25) is 4.79 Å². The zero-order chi connectivity index (χ0) is 17.9. The topological polar surface area (TPSA) is 55.1 Å². The molecular formula is C21H18N2O2S. The maximum absolute atomic E-state index is 12.7. The van der Waals surface area contributed by atoms with Gasteiger partial charge in [0.1, 0.15) is 5.52 Å². The summed E-state index contributed by atoms with van der Waals surface area (Å²) in [6.45, 7) is 1.99. The van der Waals surface area contributed by atoms with E-state index in [-0.39, 0.29) is 11.2 Å². The highest BCUT2D eigenvalue weighted by atomic mass is 32.2. The molecule has 5 heteroatoms. The normalized spacial score (nSPS) is 12.3. The van der Waals surface area contributed by atoms with Crippen LogP contribution in [0.3, 0.4) is 0 Å². The standard InChI is InChI=1S/C21H18N2O2S/c1-2-19(26-21-23-17-9-5-6-10-18(17)25-21)20(24)22-16-12-11-14-7-3-4-8-15(14)13-16/h3-13,19H,2H2,1H3,(H,22,24). The van der Waals surface area contributed by atoms with E-state index >= 15 is 0 Å². The highest BCUT2D eigenvalue weighted by molar-refractivity contribution is 8.00. The Bertz CT molecular complexity index is 1040. The quantitative estimate of drug-likeness (QED) is 0.477. The molecule has 0 spiro atoms. The first kappa shape index (κ1) is 16.7. The number of para-hydroxylation sites is 2. The maximum atomic E-state index is 12.7. The number of thioether (sulfide) groups is 1. The number of oxazole rings is 1. The second kappa shape index (κ2) is 7.22. The lowest BCUT2D eigenvalue weighted by Crippen LogP contribution is -2.24. The fraction of sp³-hybridized carbons (Fsp3) is 0.143. The van der Waals surface area contributed by atoms with E-state index < -0.39 is 0 Å². The van der Waals surface area contributed by atoms with E-state index in [1.165, 1.54) is 11.8 Å². The lowest BCUT2D eigenvalue weighted by molar-refractivity contribution is -0.115. The van der Waals surface area contributed by atoms with Gasteiger partial charge in [-0.25, -0.2) is 4.98 Å². The molecule has 0 radical (unpaired) electrons. The van der Waals surface area contributed by atoms with Crippen LogP contribution in [0.15, 0.2) is 76.4 Å². The second-order valence-electron chi connectivity index (χ2n) is 6.01. The molecule has 1 atom stereocenters. The van der Waals surface area contributed by atoms with Crippen LogP contribution in [0.2, 0.25) is 0 Å². The number of amides is 1. The van der Waals surface area contributed by atoms with Gasteiger partial charge in [0.2, 0.25) is 5.91 Å². The van der Waals surface area contributed by atoms with Crippen molar-refractivity contribution in [3.8, 4) is 0 Å². The van der Waals surface area contributed by atoms with Crippen molar-refractivity contribution >= 4 is 45.2 Å². The summed E-state index contributed by atoms with van der Waals surface area (Å²) in [5, 5.41) is 5.51. The molecule has 4 nitrogen and oxygen atoms in total. The predicted octanol–water partition coefficient (Wildman–Crippen LogP) is 5.49. The van der Waals surface area contributed by atoms with Gasteiger partial charge in [-0.15, -0.1) is 0 Å². The number of rotatable bonds is 5. The smallest absolute Gasteiger partial charge is 0.257 e. The molecule has 26 heavy (non-hydrogen) atoms. The third kappa shape index (κ3) is 3.44. The van der Waals surface area contributed by atoms with E-state index in [0.717, 1.165) is 27.6 Å². The first-order chi connectivity index (χ1) is 12.7. The number of nitrogens with one attached hydrogen (secondary N) is 1. The number of carbonyl (C=O) groups excluding carboxylic acids is 1. The van der Waals surface area contributed by atoms with Gasteiger partial charge in [0, 0.05) is 5.69 Å². The Morgan fingerprint density at radius 1 is 1.08 bits per heavy atom. The summed E-state index contributed by atoms with van der Waals surface area (Å²) in [4.78, 5) is 17.1. The minimum absolute atomic E-state index is 0.0463. The van der Waals surface area contributed by atoms with Crippen LogP contribution < -0.4 is 5.32 Å². The molecule has 0 aliphatic rings. The molecule has 130 valence electrons. The number of anilines is 1. The van der Waals surface area contributed by atoms with E-state index in [4.69, 9.17) is 4.42 Å². The zero-order valence-corrected chi connectivity index (χ0v) is 15.1. The Labute approximate surface area is 155 Å². The summed E-state index contributed by atoms with van der Waals surface area (Å²) in [6.07, 6.45) is 0.683. The van der Waals surface area contributed by atoms with Crippen molar-refractivity contribution in [3.63, 3.8) is 0 Å². The van der Waals surface area contributed by atoms with Crippen LogP contribution in [0.25, 0.3) is 21.9 Å². The van der Waals surface area contributed by atoms with Crippen molar-refractivity contribution < 1.29 is 9.21 Å².